The molecule has 1 aromatic heterocycles. The number of nitrogens with one attached hydrogen (secondary N) is 1. The number of ether oxygens (including phenoxy) is 3. The van der Waals surface area contributed by atoms with Crippen molar-refractivity contribution in [3.05, 3.63) is 47.0 Å². The molecule has 0 saturated heterocycles. The molecule has 3 aromatic rings. The summed E-state index contributed by atoms with van der Waals surface area (Å²) in [6, 6.07) is 10.5. The van der Waals surface area contributed by atoms with Crippen molar-refractivity contribution < 1.29 is 19.0 Å². The normalized spacial score (nSPS) is 10.8. The van der Waals surface area contributed by atoms with Crippen LogP contribution in [-0.2, 0) is 4.79 Å². The Bertz CT molecular complexity index is 1070. The molecule has 1 amide bonds. The second-order valence-corrected chi connectivity index (χ2v) is 7.23. The van der Waals surface area contributed by atoms with E-state index in [1.165, 1.54) is 44.0 Å². The molecular formula is C19H19ClN6O4S. The highest BCUT2D eigenvalue weighted by atomic mass is 35.5. The van der Waals surface area contributed by atoms with Gasteiger partial charge in [0.05, 0.1) is 39.0 Å². The molecule has 0 radical (unpaired) electrons. The van der Waals surface area contributed by atoms with Crippen LogP contribution in [-0.4, -0.2) is 59.4 Å². The maximum Gasteiger partial charge on any atom is 0.250 e. The lowest BCUT2D eigenvalue weighted by atomic mass is 10.2. The molecule has 0 aliphatic rings. The average Bonchev–Trinajstić information content (AvgIpc) is 3.26. The lowest BCUT2D eigenvalue weighted by Crippen LogP contribution is -2.20. The Hall–Kier alpha value is -3.31. The van der Waals surface area contributed by atoms with Crippen LogP contribution in [0, 0.1) is 0 Å². The number of carbonyl (C=O) groups excluding carboxylic acids is 1. The van der Waals surface area contributed by atoms with E-state index in [9.17, 15) is 4.79 Å². The summed E-state index contributed by atoms with van der Waals surface area (Å²) in [5.74, 6) is 1.14. The molecule has 162 valence electrons. The Morgan fingerprint density at radius 1 is 1.13 bits per heavy atom. The fourth-order valence-corrected chi connectivity index (χ4v) is 3.38. The fourth-order valence-electron chi connectivity index (χ4n) is 2.58. The maximum atomic E-state index is 12.2. The Balaban J connectivity index is 1.61. The van der Waals surface area contributed by atoms with Crippen LogP contribution in [0.25, 0.3) is 5.69 Å². The number of carbonyl (C=O) groups is 1. The number of methoxy groups -OCH3 is 3. The number of hydrazone groups is 1. The van der Waals surface area contributed by atoms with Crippen LogP contribution in [0.4, 0.5) is 0 Å². The van der Waals surface area contributed by atoms with Crippen molar-refractivity contribution in [3.8, 4) is 22.9 Å². The number of hydrogen-bond donors (Lipinski definition) is 1. The highest BCUT2D eigenvalue weighted by Gasteiger charge is 2.15. The van der Waals surface area contributed by atoms with Gasteiger partial charge in [0.25, 0.3) is 5.91 Å². The first-order valence-corrected chi connectivity index (χ1v) is 10.2. The van der Waals surface area contributed by atoms with Crippen molar-refractivity contribution in [2.75, 3.05) is 27.1 Å². The van der Waals surface area contributed by atoms with Crippen LogP contribution < -0.4 is 19.6 Å². The Morgan fingerprint density at radius 3 is 2.55 bits per heavy atom. The zero-order valence-electron chi connectivity index (χ0n) is 16.9. The first kappa shape index (κ1) is 22.4. The molecule has 0 atom stereocenters. The molecule has 2 aromatic carbocycles. The Morgan fingerprint density at radius 2 is 1.87 bits per heavy atom. The number of benzene rings is 2. The third-order valence-electron chi connectivity index (χ3n) is 3.97. The zero-order valence-corrected chi connectivity index (χ0v) is 18.5. The molecule has 3 rings (SSSR count). The van der Waals surface area contributed by atoms with Gasteiger partial charge < -0.3 is 14.2 Å². The summed E-state index contributed by atoms with van der Waals surface area (Å²) in [4.78, 5) is 12.2. The molecule has 10 nitrogen and oxygen atoms in total. The Kier molecular flexibility index (Phi) is 7.68. The van der Waals surface area contributed by atoms with Crippen molar-refractivity contribution in [2.24, 2.45) is 5.10 Å². The minimum absolute atomic E-state index is 0.0639. The number of aromatic nitrogens is 4. The fraction of sp³-hybridized carbons (Fsp3) is 0.211. The molecule has 0 fully saturated rings. The number of tetrazole rings is 1. The summed E-state index contributed by atoms with van der Waals surface area (Å²) in [6.07, 6.45) is 1.46. The summed E-state index contributed by atoms with van der Waals surface area (Å²) in [5, 5.41) is 16.6. The van der Waals surface area contributed by atoms with Gasteiger partial charge in [0, 0.05) is 10.6 Å². The first-order valence-electron chi connectivity index (χ1n) is 8.85. The van der Waals surface area contributed by atoms with Gasteiger partial charge in [-0.25, -0.2) is 5.43 Å². The van der Waals surface area contributed by atoms with Gasteiger partial charge in [-0.05, 0) is 46.8 Å². The van der Waals surface area contributed by atoms with Crippen molar-refractivity contribution >= 4 is 35.5 Å². The summed E-state index contributed by atoms with van der Waals surface area (Å²) in [6.45, 7) is 0. The van der Waals surface area contributed by atoms with E-state index in [0.717, 1.165) is 5.69 Å². The highest BCUT2D eigenvalue weighted by molar-refractivity contribution is 7.99. The van der Waals surface area contributed by atoms with Gasteiger partial charge in [-0.15, -0.1) is 5.10 Å². The average molecular weight is 463 g/mol. The molecule has 0 saturated carbocycles. The van der Waals surface area contributed by atoms with E-state index in [2.05, 4.69) is 26.1 Å². The predicted molar refractivity (Wildman–Crippen MR) is 117 cm³/mol. The van der Waals surface area contributed by atoms with E-state index in [1.807, 2.05) is 0 Å². The van der Waals surface area contributed by atoms with Crippen LogP contribution in [0.2, 0.25) is 5.02 Å². The van der Waals surface area contributed by atoms with Crippen molar-refractivity contribution in [1.82, 2.24) is 25.6 Å². The number of hydrogen-bond acceptors (Lipinski definition) is 9. The summed E-state index contributed by atoms with van der Waals surface area (Å²) in [5.41, 5.74) is 3.81. The van der Waals surface area contributed by atoms with Gasteiger partial charge in [0.2, 0.25) is 10.9 Å². The largest absolute Gasteiger partial charge is 0.493 e. The highest BCUT2D eigenvalue weighted by Crippen LogP contribution is 2.38. The van der Waals surface area contributed by atoms with Gasteiger partial charge in [-0.2, -0.15) is 9.78 Å². The summed E-state index contributed by atoms with van der Waals surface area (Å²) >= 11 is 7.08. The first-order chi connectivity index (χ1) is 15.1. The molecule has 31 heavy (non-hydrogen) atoms. The van der Waals surface area contributed by atoms with Crippen molar-refractivity contribution in [1.29, 1.82) is 0 Å². The van der Waals surface area contributed by atoms with Crippen molar-refractivity contribution in [2.45, 2.75) is 5.16 Å². The standard InChI is InChI=1S/C19H19ClN6O4S/c1-28-15-9-4-12(17(29-2)18(15)30-3)10-21-22-16(27)11-31-19-23-24-25-26(19)14-7-5-13(20)6-8-14/h4-10H,11H2,1-3H3,(H,22,27)/b21-10+. The molecule has 0 unspecified atom stereocenters. The van der Waals surface area contributed by atoms with Crippen molar-refractivity contribution in [3.63, 3.8) is 0 Å². The molecule has 1 N–H and O–H groups in total. The second-order valence-electron chi connectivity index (χ2n) is 5.86. The monoisotopic (exact) mass is 462 g/mol. The van der Waals surface area contributed by atoms with E-state index in [4.69, 9.17) is 25.8 Å². The van der Waals surface area contributed by atoms with E-state index < -0.39 is 0 Å². The van der Waals surface area contributed by atoms with Gasteiger partial charge in [-0.1, -0.05) is 23.4 Å². The van der Waals surface area contributed by atoms with Crippen LogP contribution >= 0.6 is 23.4 Å². The number of amides is 1. The number of thioether (sulfide) groups is 1. The van der Waals surface area contributed by atoms with Crippen LogP contribution in [0.3, 0.4) is 0 Å². The third kappa shape index (κ3) is 5.44. The minimum Gasteiger partial charge on any atom is -0.493 e. The summed E-state index contributed by atoms with van der Waals surface area (Å²) in [7, 11) is 4.55. The maximum absolute atomic E-state index is 12.2. The molecule has 1 heterocycles. The lowest BCUT2D eigenvalue weighted by molar-refractivity contribution is -0.118. The van der Waals surface area contributed by atoms with Crippen LogP contribution in [0.15, 0.2) is 46.7 Å². The van der Waals surface area contributed by atoms with Gasteiger partial charge in [0.15, 0.2) is 11.5 Å². The number of halogens is 1. The van der Waals surface area contributed by atoms with Gasteiger partial charge >= 0.3 is 0 Å². The molecular weight excluding hydrogens is 444 g/mol. The molecule has 12 heteroatoms. The van der Waals surface area contributed by atoms with E-state index in [-0.39, 0.29) is 11.7 Å². The molecule has 0 aliphatic carbocycles. The molecule has 0 spiro atoms. The second kappa shape index (κ2) is 10.6. The molecule has 0 aliphatic heterocycles. The molecule has 0 bridgehead atoms. The Labute approximate surface area is 187 Å². The topological polar surface area (TPSA) is 113 Å². The van der Waals surface area contributed by atoms with Gasteiger partial charge in [-0.3, -0.25) is 4.79 Å². The lowest BCUT2D eigenvalue weighted by Gasteiger charge is -2.13. The number of nitrogens with zero attached hydrogens (tertiary/aromatic N) is 5. The number of rotatable bonds is 9. The van der Waals surface area contributed by atoms with Crippen LogP contribution in [0.1, 0.15) is 5.56 Å². The predicted octanol–water partition coefficient (Wildman–Crippen LogP) is 2.58. The smallest absolute Gasteiger partial charge is 0.250 e. The van der Waals surface area contributed by atoms with E-state index in [0.29, 0.717) is 33.0 Å². The zero-order chi connectivity index (χ0) is 22.2. The van der Waals surface area contributed by atoms with E-state index in [1.54, 1.807) is 36.4 Å². The SMILES string of the molecule is COc1ccc(/C=N/NC(=O)CSc2nnnn2-c2ccc(Cl)cc2)c(OC)c1OC. The van der Waals surface area contributed by atoms with Gasteiger partial charge in [0.1, 0.15) is 0 Å². The quantitative estimate of drug-likeness (QED) is 0.293. The van der Waals surface area contributed by atoms with E-state index >= 15 is 0 Å². The minimum atomic E-state index is -0.327. The van der Waals surface area contributed by atoms with Crippen LogP contribution in [0.5, 0.6) is 17.2 Å². The third-order valence-corrected chi connectivity index (χ3v) is 5.14. The summed E-state index contributed by atoms with van der Waals surface area (Å²) < 4.78 is 17.5.